The van der Waals surface area contributed by atoms with Crippen LogP contribution in [0.2, 0.25) is 0 Å². The number of aryl methyl sites for hydroxylation is 1. The van der Waals surface area contributed by atoms with Crippen molar-refractivity contribution in [3.05, 3.63) is 24.0 Å². The lowest BCUT2D eigenvalue weighted by atomic mass is 10.1. The Balaban J connectivity index is 2.53. The van der Waals surface area contributed by atoms with Crippen molar-refractivity contribution in [3.8, 4) is 5.75 Å². The predicted octanol–water partition coefficient (Wildman–Crippen LogP) is 1.91. The number of hydrogen-bond acceptors (Lipinski definition) is 3. The number of halogens is 3. The van der Waals surface area contributed by atoms with Crippen LogP contribution < -0.4 is 10.5 Å². The van der Waals surface area contributed by atoms with Crippen LogP contribution in [-0.2, 0) is 0 Å². The van der Waals surface area contributed by atoms with E-state index in [4.69, 9.17) is 10.5 Å². The topological polar surface area (TPSA) is 48.1 Å². The summed E-state index contributed by atoms with van der Waals surface area (Å²) in [5, 5.41) is 0. The van der Waals surface area contributed by atoms with Crippen LogP contribution in [0.15, 0.2) is 18.3 Å². The summed E-state index contributed by atoms with van der Waals surface area (Å²) >= 11 is 0. The maximum Gasteiger partial charge on any atom is 0.396 e. The van der Waals surface area contributed by atoms with Crippen LogP contribution in [0.5, 0.6) is 5.75 Å². The molecule has 1 atom stereocenters. The van der Waals surface area contributed by atoms with E-state index in [1.54, 1.807) is 19.1 Å². The normalized spacial score (nSPS) is 13.6. The van der Waals surface area contributed by atoms with E-state index in [0.717, 1.165) is 5.69 Å². The fourth-order valence-electron chi connectivity index (χ4n) is 1.03. The number of pyridine rings is 1. The molecule has 0 bridgehead atoms. The first-order valence-corrected chi connectivity index (χ1v) is 4.75. The van der Waals surface area contributed by atoms with Crippen LogP contribution in [0.25, 0.3) is 0 Å². The van der Waals surface area contributed by atoms with E-state index in [0.29, 0.717) is 5.75 Å². The molecular weight excluding hydrogens is 221 g/mol. The van der Waals surface area contributed by atoms with Crippen molar-refractivity contribution < 1.29 is 17.9 Å². The van der Waals surface area contributed by atoms with Gasteiger partial charge < -0.3 is 10.5 Å². The number of ether oxygens (including phenoxy) is 1. The van der Waals surface area contributed by atoms with Gasteiger partial charge in [-0.05, 0) is 19.1 Å². The van der Waals surface area contributed by atoms with Gasteiger partial charge in [0.1, 0.15) is 18.3 Å². The molecule has 0 radical (unpaired) electrons. The minimum Gasteiger partial charge on any atom is -0.491 e. The Hall–Kier alpha value is -1.30. The lowest BCUT2D eigenvalue weighted by Crippen LogP contribution is -2.35. The van der Waals surface area contributed by atoms with Gasteiger partial charge in [0.2, 0.25) is 0 Å². The highest BCUT2D eigenvalue weighted by molar-refractivity contribution is 5.19. The highest BCUT2D eigenvalue weighted by atomic mass is 19.4. The molecule has 0 saturated carbocycles. The molecule has 16 heavy (non-hydrogen) atoms. The molecule has 3 nitrogen and oxygen atoms in total. The molecule has 2 N–H and O–H groups in total. The number of nitrogens with zero attached hydrogens (tertiary/aromatic N) is 1. The molecule has 1 unspecified atom stereocenters. The molecule has 0 spiro atoms. The van der Waals surface area contributed by atoms with E-state index in [9.17, 15) is 13.2 Å². The fraction of sp³-hybridized carbons (Fsp3) is 0.500. The smallest absolute Gasteiger partial charge is 0.396 e. The van der Waals surface area contributed by atoms with Crippen molar-refractivity contribution >= 4 is 0 Å². The molecule has 0 saturated heterocycles. The summed E-state index contributed by atoms with van der Waals surface area (Å²) in [5.41, 5.74) is 5.81. The number of alkyl halides is 3. The highest BCUT2D eigenvalue weighted by Gasteiger charge is 2.39. The number of nitrogens with two attached hydrogens (primary N) is 1. The predicted molar refractivity (Wildman–Crippen MR) is 53.1 cm³/mol. The molecule has 1 aromatic heterocycles. The number of aromatic nitrogens is 1. The average Bonchev–Trinajstić information content (AvgIpc) is 2.19. The molecule has 90 valence electrons. The van der Waals surface area contributed by atoms with E-state index in [1.807, 2.05) is 0 Å². The molecule has 0 aliphatic carbocycles. The Labute approximate surface area is 91.4 Å². The van der Waals surface area contributed by atoms with Gasteiger partial charge in [0.05, 0.1) is 6.20 Å². The van der Waals surface area contributed by atoms with E-state index >= 15 is 0 Å². The van der Waals surface area contributed by atoms with Gasteiger partial charge in [0.25, 0.3) is 0 Å². The van der Waals surface area contributed by atoms with Gasteiger partial charge in [0, 0.05) is 12.2 Å². The van der Waals surface area contributed by atoms with Crippen molar-refractivity contribution in [2.24, 2.45) is 11.7 Å². The van der Waals surface area contributed by atoms with Gasteiger partial charge in [-0.25, -0.2) is 0 Å². The molecule has 1 rings (SSSR count). The summed E-state index contributed by atoms with van der Waals surface area (Å²) in [6.07, 6.45) is -2.94. The third kappa shape index (κ3) is 3.69. The maximum absolute atomic E-state index is 12.3. The Bertz CT molecular complexity index is 324. The van der Waals surface area contributed by atoms with Gasteiger partial charge in [0.15, 0.2) is 0 Å². The Kier molecular flexibility index (Phi) is 4.12. The van der Waals surface area contributed by atoms with Crippen LogP contribution in [0.1, 0.15) is 5.69 Å². The van der Waals surface area contributed by atoms with Crippen LogP contribution in [0.4, 0.5) is 13.2 Å². The monoisotopic (exact) mass is 234 g/mol. The van der Waals surface area contributed by atoms with Crippen LogP contribution in [-0.4, -0.2) is 24.3 Å². The second-order valence-corrected chi connectivity index (χ2v) is 3.42. The molecule has 1 heterocycles. The Morgan fingerprint density at radius 2 is 2.12 bits per heavy atom. The molecule has 0 fully saturated rings. The van der Waals surface area contributed by atoms with Gasteiger partial charge >= 0.3 is 6.18 Å². The van der Waals surface area contributed by atoms with Crippen molar-refractivity contribution in [1.29, 1.82) is 0 Å². The molecule has 1 aromatic rings. The van der Waals surface area contributed by atoms with Crippen LogP contribution >= 0.6 is 0 Å². The summed E-state index contributed by atoms with van der Waals surface area (Å²) in [6, 6.07) is 3.24. The highest BCUT2D eigenvalue weighted by Crippen LogP contribution is 2.26. The lowest BCUT2D eigenvalue weighted by Gasteiger charge is -2.18. The maximum atomic E-state index is 12.3. The standard InChI is InChI=1S/C10H13F3N2O/c1-7-2-3-9(5-15-7)16-6-8(4-14)10(11,12)13/h2-3,5,8H,4,6,14H2,1H3. The molecule has 0 aliphatic rings. The zero-order chi connectivity index (χ0) is 12.2. The summed E-state index contributed by atoms with van der Waals surface area (Å²) in [5.74, 6) is -1.33. The first-order chi connectivity index (χ1) is 7.43. The van der Waals surface area contributed by atoms with Gasteiger partial charge in [-0.2, -0.15) is 13.2 Å². The minimum atomic E-state index is -4.33. The molecular formula is C10H13F3N2O. The second-order valence-electron chi connectivity index (χ2n) is 3.42. The summed E-state index contributed by atoms with van der Waals surface area (Å²) in [6.45, 7) is 0.815. The SMILES string of the molecule is Cc1ccc(OCC(CN)C(F)(F)F)cn1. The van der Waals surface area contributed by atoms with E-state index in [1.165, 1.54) is 6.20 Å². The molecule has 0 aliphatic heterocycles. The summed E-state index contributed by atoms with van der Waals surface area (Å²) in [7, 11) is 0. The van der Waals surface area contributed by atoms with Crippen LogP contribution in [0, 0.1) is 12.8 Å². The van der Waals surface area contributed by atoms with Crippen molar-refractivity contribution in [2.75, 3.05) is 13.2 Å². The quantitative estimate of drug-likeness (QED) is 0.865. The number of rotatable bonds is 4. The van der Waals surface area contributed by atoms with Gasteiger partial charge in [-0.3, -0.25) is 4.98 Å². The van der Waals surface area contributed by atoms with Gasteiger partial charge in [-0.15, -0.1) is 0 Å². The molecule has 0 amide bonds. The van der Waals surface area contributed by atoms with Crippen molar-refractivity contribution in [2.45, 2.75) is 13.1 Å². The van der Waals surface area contributed by atoms with E-state index in [2.05, 4.69) is 4.98 Å². The van der Waals surface area contributed by atoms with E-state index < -0.39 is 25.2 Å². The van der Waals surface area contributed by atoms with E-state index in [-0.39, 0.29) is 0 Å². The Morgan fingerprint density at radius 3 is 2.56 bits per heavy atom. The summed E-state index contributed by atoms with van der Waals surface area (Å²) < 4.78 is 41.9. The largest absolute Gasteiger partial charge is 0.491 e. The first-order valence-electron chi connectivity index (χ1n) is 4.75. The first kappa shape index (κ1) is 12.8. The summed E-state index contributed by atoms with van der Waals surface area (Å²) in [4.78, 5) is 3.91. The second kappa shape index (κ2) is 5.16. The molecule has 6 heteroatoms. The van der Waals surface area contributed by atoms with Crippen molar-refractivity contribution in [3.63, 3.8) is 0 Å². The van der Waals surface area contributed by atoms with Crippen molar-refractivity contribution in [1.82, 2.24) is 4.98 Å². The number of hydrogen-bond donors (Lipinski definition) is 1. The minimum absolute atomic E-state index is 0.313. The fourth-order valence-corrected chi connectivity index (χ4v) is 1.03. The zero-order valence-corrected chi connectivity index (χ0v) is 8.79. The van der Waals surface area contributed by atoms with Crippen LogP contribution in [0.3, 0.4) is 0 Å². The average molecular weight is 234 g/mol. The van der Waals surface area contributed by atoms with Gasteiger partial charge in [-0.1, -0.05) is 0 Å². The third-order valence-electron chi connectivity index (χ3n) is 2.08. The lowest BCUT2D eigenvalue weighted by molar-refractivity contribution is -0.178. The third-order valence-corrected chi connectivity index (χ3v) is 2.08. The zero-order valence-electron chi connectivity index (χ0n) is 8.79. The Morgan fingerprint density at radius 1 is 1.44 bits per heavy atom. The molecule has 0 aromatic carbocycles.